The van der Waals surface area contributed by atoms with Crippen LogP contribution < -0.4 is 14.5 Å². The molecule has 0 radical (unpaired) electrons. The molecule has 12 aromatic rings. The topological polar surface area (TPSA) is 62.2 Å². The lowest BCUT2D eigenvalue weighted by Gasteiger charge is -2.31. The summed E-state index contributed by atoms with van der Waals surface area (Å²) < 4.78 is 19.8. The molecular weight excluding hydrogens is 813 g/mol. The number of rotatable bonds is 12. The van der Waals surface area contributed by atoms with E-state index in [1.165, 1.54) is 32.7 Å². The Labute approximate surface area is 382 Å². The fraction of sp³-hybridized carbons (Fsp3) is 0.133. The molecule has 0 atom stereocenters. The molecule has 1 N–H and O–H groups in total. The van der Waals surface area contributed by atoms with Crippen molar-refractivity contribution in [2.24, 2.45) is 0 Å². The third-order valence-corrected chi connectivity index (χ3v) is 13.5. The normalized spacial score (nSPS) is 11.9. The molecule has 0 aliphatic rings. The Kier molecular flexibility index (Phi) is 9.65. The highest BCUT2D eigenvalue weighted by molar-refractivity contribution is 6.30. The van der Waals surface area contributed by atoms with Crippen LogP contribution in [0.15, 0.2) is 179 Å². The molecule has 2 aromatic heterocycles. The number of aryl methyl sites for hydroxylation is 2. The largest absolute Gasteiger partial charge is 0.495 e. The third kappa shape index (κ3) is 6.05. The smallest absolute Gasteiger partial charge is 0.159 e. The van der Waals surface area contributed by atoms with Crippen molar-refractivity contribution in [3.8, 4) is 5.75 Å². The molecule has 0 unspecified atom stereocenters. The van der Waals surface area contributed by atoms with Gasteiger partial charge in [-0.2, -0.15) is 0 Å². The highest BCUT2D eigenvalue weighted by Crippen LogP contribution is 2.53. The Balaban J connectivity index is 1.21. The first kappa shape index (κ1) is 39.8. The maximum Gasteiger partial charge on any atom is 0.159 e. The average Bonchev–Trinajstić information content (AvgIpc) is 3.95. The van der Waals surface area contributed by atoms with Crippen LogP contribution in [-0.4, -0.2) is 12.2 Å². The number of fused-ring (bicyclic) bond motifs is 6. The number of benzene rings is 10. The molecule has 0 amide bonds. The molecule has 10 aromatic carbocycles. The lowest BCUT2D eigenvalue weighted by Crippen LogP contribution is -2.14. The van der Waals surface area contributed by atoms with Crippen molar-refractivity contribution >= 4 is 110 Å². The van der Waals surface area contributed by atoms with Crippen LogP contribution in [0.25, 0.3) is 76.2 Å². The van der Waals surface area contributed by atoms with E-state index in [0.29, 0.717) is 0 Å². The van der Waals surface area contributed by atoms with Crippen molar-refractivity contribution in [2.45, 2.75) is 46.1 Å². The van der Waals surface area contributed by atoms with Gasteiger partial charge in [-0.3, -0.25) is 0 Å². The zero-order valence-electron chi connectivity index (χ0n) is 37.3. The van der Waals surface area contributed by atoms with Gasteiger partial charge in [-0.25, -0.2) is 0 Å². The van der Waals surface area contributed by atoms with Crippen LogP contribution >= 0.6 is 0 Å². The summed E-state index contributed by atoms with van der Waals surface area (Å²) in [5.74, 6) is 0.763. The molecule has 0 saturated heterocycles. The minimum Gasteiger partial charge on any atom is -0.495 e. The van der Waals surface area contributed by atoms with Gasteiger partial charge in [-0.05, 0) is 100 Å². The molecule has 0 fully saturated rings. The molecule has 0 aliphatic carbocycles. The Morgan fingerprint density at radius 2 is 0.848 bits per heavy atom. The highest BCUT2D eigenvalue weighted by atomic mass is 16.5. The Hall–Kier alpha value is -7.80. The number of aliphatic hydroxyl groups is 1. The molecule has 0 saturated carbocycles. The molecule has 66 heavy (non-hydrogen) atoms. The average molecular weight is 861 g/mol. The zero-order chi connectivity index (χ0) is 44.5. The van der Waals surface area contributed by atoms with E-state index >= 15 is 0 Å². The summed E-state index contributed by atoms with van der Waals surface area (Å²) in [6.45, 7) is 4.40. The van der Waals surface area contributed by atoms with E-state index in [2.05, 4.69) is 145 Å². The van der Waals surface area contributed by atoms with Gasteiger partial charge in [0, 0.05) is 37.9 Å². The van der Waals surface area contributed by atoms with E-state index < -0.39 is 0 Å². The fourth-order valence-electron chi connectivity index (χ4n) is 10.7. The van der Waals surface area contributed by atoms with Crippen LogP contribution in [0.4, 0.5) is 34.1 Å². The minimum absolute atomic E-state index is 0.114. The van der Waals surface area contributed by atoms with Gasteiger partial charge in [0.1, 0.15) is 16.9 Å². The molecule has 322 valence electrons. The number of anilines is 6. The molecule has 6 nitrogen and oxygen atoms in total. The van der Waals surface area contributed by atoms with Crippen molar-refractivity contribution in [1.82, 2.24) is 0 Å². The van der Waals surface area contributed by atoms with Gasteiger partial charge in [0.15, 0.2) is 11.2 Å². The number of ether oxygens (including phenoxy) is 1. The number of furan rings is 2. The molecule has 0 spiro atoms. The van der Waals surface area contributed by atoms with E-state index in [4.69, 9.17) is 13.6 Å². The third-order valence-electron chi connectivity index (χ3n) is 13.5. The van der Waals surface area contributed by atoms with Gasteiger partial charge in [0.05, 0.1) is 47.8 Å². The molecule has 2 heterocycles. The maximum atomic E-state index is 11.0. The molecular formula is C60H48N2O4. The van der Waals surface area contributed by atoms with Crippen molar-refractivity contribution in [1.29, 1.82) is 0 Å². The fourth-order valence-corrected chi connectivity index (χ4v) is 10.7. The van der Waals surface area contributed by atoms with Gasteiger partial charge in [0.2, 0.25) is 0 Å². The number of hydrogen-bond donors (Lipinski definition) is 1. The summed E-state index contributed by atoms with van der Waals surface area (Å²) in [6.07, 6.45) is 3.75. The highest BCUT2D eigenvalue weighted by Gasteiger charge is 2.29. The Morgan fingerprint density at radius 3 is 1.38 bits per heavy atom. The molecule has 0 aliphatic heterocycles. The lowest BCUT2D eigenvalue weighted by molar-refractivity contribution is 0.282. The van der Waals surface area contributed by atoms with Crippen LogP contribution in [-0.2, 0) is 19.4 Å². The molecule has 6 heteroatoms. The van der Waals surface area contributed by atoms with Crippen LogP contribution in [0.1, 0.15) is 43.4 Å². The van der Waals surface area contributed by atoms with Crippen LogP contribution in [0, 0.1) is 0 Å². The quantitative estimate of drug-likeness (QED) is 0.124. The first-order valence-electron chi connectivity index (χ1n) is 23.1. The SMILES string of the molecule is CCCc1cc(N(c2ccccc2CO)c2cccc3c2oc2ccccc23)c2ccc3c(CCC)cc(N(c4ccccc4OC)c4cccc5c4oc4ccccc45)c4ccc1c2c34. The van der Waals surface area contributed by atoms with E-state index in [1.54, 1.807) is 7.11 Å². The van der Waals surface area contributed by atoms with Crippen LogP contribution in [0.3, 0.4) is 0 Å². The van der Waals surface area contributed by atoms with Crippen molar-refractivity contribution in [3.05, 3.63) is 187 Å². The van der Waals surface area contributed by atoms with E-state index in [9.17, 15) is 5.11 Å². The second-order valence-corrected chi connectivity index (χ2v) is 17.3. The van der Waals surface area contributed by atoms with Gasteiger partial charge in [-0.15, -0.1) is 0 Å². The Morgan fingerprint density at radius 1 is 0.409 bits per heavy atom. The van der Waals surface area contributed by atoms with E-state index in [-0.39, 0.29) is 6.61 Å². The lowest BCUT2D eigenvalue weighted by atomic mass is 9.86. The summed E-state index contributed by atoms with van der Waals surface area (Å²) in [5.41, 5.74) is 12.4. The van der Waals surface area contributed by atoms with Gasteiger partial charge >= 0.3 is 0 Å². The van der Waals surface area contributed by atoms with Crippen molar-refractivity contribution in [3.63, 3.8) is 0 Å². The van der Waals surface area contributed by atoms with Gasteiger partial charge < -0.3 is 28.5 Å². The predicted molar refractivity (Wildman–Crippen MR) is 275 cm³/mol. The van der Waals surface area contributed by atoms with Crippen LogP contribution in [0.5, 0.6) is 5.75 Å². The molecule has 0 bridgehead atoms. The number of para-hydroxylation sites is 7. The van der Waals surface area contributed by atoms with Gasteiger partial charge in [-0.1, -0.05) is 142 Å². The maximum absolute atomic E-state index is 11.0. The number of hydrogen-bond acceptors (Lipinski definition) is 6. The number of methoxy groups -OCH3 is 1. The number of nitrogens with zero attached hydrogens (tertiary/aromatic N) is 2. The monoisotopic (exact) mass is 860 g/mol. The second-order valence-electron chi connectivity index (χ2n) is 17.3. The first-order chi connectivity index (χ1) is 32.6. The zero-order valence-corrected chi connectivity index (χ0v) is 37.3. The minimum atomic E-state index is -0.114. The molecule has 12 rings (SSSR count). The van der Waals surface area contributed by atoms with Crippen molar-refractivity contribution < 1.29 is 18.7 Å². The predicted octanol–water partition coefficient (Wildman–Crippen LogP) is 16.7. The summed E-state index contributed by atoms with van der Waals surface area (Å²) in [4.78, 5) is 4.69. The number of aliphatic hydroxyl groups excluding tert-OH is 1. The van der Waals surface area contributed by atoms with Crippen molar-refractivity contribution in [2.75, 3.05) is 16.9 Å². The standard InChI is InChI=1S/C60H48N2O4/c1-4-16-37-34-52(61(48-23-9-6-18-39(48)36-63)50-25-14-21-44-42-19-7-11-27-54(42)65-59(44)50)46-32-30-41-38(17-5-2)35-53(47-33-31-40(37)57(46)58(41)47)62(49-24-10-13-29-56(49)64-3)51-26-15-22-45-43-20-8-12-28-55(43)66-60(45)51/h6-15,18-35,63H,4-5,16-17,36H2,1-3H3. The second kappa shape index (κ2) is 16.0. The summed E-state index contributed by atoms with van der Waals surface area (Å²) in [7, 11) is 1.74. The van der Waals surface area contributed by atoms with Gasteiger partial charge in [0.25, 0.3) is 0 Å². The summed E-state index contributed by atoms with van der Waals surface area (Å²) in [5, 5.41) is 22.4. The van der Waals surface area contributed by atoms with Crippen LogP contribution in [0.2, 0.25) is 0 Å². The Bertz CT molecular complexity index is 3560. The van der Waals surface area contributed by atoms with E-state index in [1.807, 2.05) is 48.5 Å². The first-order valence-corrected chi connectivity index (χ1v) is 23.1. The summed E-state index contributed by atoms with van der Waals surface area (Å²) in [6, 6.07) is 60.0. The van der Waals surface area contributed by atoms with E-state index in [0.717, 1.165) is 126 Å². The summed E-state index contributed by atoms with van der Waals surface area (Å²) >= 11 is 0.